The molecule has 0 unspecified atom stereocenters. The summed E-state index contributed by atoms with van der Waals surface area (Å²) >= 11 is 0.901. The lowest BCUT2D eigenvalue weighted by molar-refractivity contribution is -0.137. The number of nitrogen functional groups attached to an aromatic ring is 1. The zero-order valence-electron chi connectivity index (χ0n) is 16.7. The number of pyridine rings is 1. The van der Waals surface area contributed by atoms with Crippen LogP contribution in [0.3, 0.4) is 0 Å². The number of hydrogen-bond acceptors (Lipinski definition) is 6. The number of thioether (sulfide) groups is 1. The minimum absolute atomic E-state index is 0.0849. The molecule has 8 nitrogen and oxygen atoms in total. The van der Waals surface area contributed by atoms with Crippen LogP contribution >= 0.6 is 11.8 Å². The SMILES string of the molecule is CN(C(=O)CSc1ccc(C(F)(F)F)cn1)c1c(N)n(Cc2ccccc2)c(=O)[nH]c1=O. The van der Waals surface area contributed by atoms with E-state index in [2.05, 4.69) is 9.97 Å². The van der Waals surface area contributed by atoms with Gasteiger partial charge in [-0.1, -0.05) is 42.1 Å². The van der Waals surface area contributed by atoms with Crippen LogP contribution in [0.15, 0.2) is 63.3 Å². The van der Waals surface area contributed by atoms with Gasteiger partial charge < -0.3 is 10.6 Å². The molecular weight excluding hydrogens is 447 g/mol. The van der Waals surface area contributed by atoms with Crippen molar-refractivity contribution in [1.82, 2.24) is 14.5 Å². The van der Waals surface area contributed by atoms with Crippen molar-refractivity contribution in [3.8, 4) is 0 Å². The number of nitrogens with zero attached hydrogens (tertiary/aromatic N) is 3. The number of halogens is 3. The topological polar surface area (TPSA) is 114 Å². The first-order valence-electron chi connectivity index (χ1n) is 9.17. The summed E-state index contributed by atoms with van der Waals surface area (Å²) < 4.78 is 39.0. The second-order valence-electron chi connectivity index (χ2n) is 6.69. The average Bonchev–Trinajstić information content (AvgIpc) is 2.75. The first kappa shape index (κ1) is 23.1. The van der Waals surface area contributed by atoms with E-state index in [1.807, 2.05) is 6.07 Å². The summed E-state index contributed by atoms with van der Waals surface area (Å²) in [6, 6.07) is 11.0. The molecule has 2 heterocycles. The predicted octanol–water partition coefficient (Wildman–Crippen LogP) is 2.34. The van der Waals surface area contributed by atoms with Crippen LogP contribution in [-0.2, 0) is 17.5 Å². The third kappa shape index (κ3) is 5.19. The number of rotatable bonds is 6. The molecule has 3 rings (SSSR count). The standard InChI is InChI=1S/C20H18F3N5O3S/c1-27(15(29)11-32-14-8-7-13(9-25-14)20(21,22)23)16-17(24)28(19(31)26-18(16)30)10-12-5-3-2-4-6-12/h2-9H,10-11,24H2,1H3,(H,26,30,31). The smallest absolute Gasteiger partial charge is 0.383 e. The van der Waals surface area contributed by atoms with E-state index in [0.29, 0.717) is 6.20 Å². The van der Waals surface area contributed by atoms with Gasteiger partial charge in [-0.2, -0.15) is 13.2 Å². The molecule has 0 radical (unpaired) electrons. The zero-order chi connectivity index (χ0) is 23.5. The number of nitrogens with two attached hydrogens (primary N) is 1. The maximum atomic E-state index is 12.6. The number of H-pyrrole nitrogens is 1. The Labute approximate surface area is 183 Å². The number of amides is 1. The van der Waals surface area contributed by atoms with Crippen molar-refractivity contribution >= 4 is 29.2 Å². The Morgan fingerprint density at radius 2 is 1.88 bits per heavy atom. The molecule has 12 heteroatoms. The van der Waals surface area contributed by atoms with Crippen LogP contribution in [0.5, 0.6) is 0 Å². The Hall–Kier alpha value is -3.54. The van der Waals surface area contributed by atoms with E-state index in [4.69, 9.17) is 5.73 Å². The monoisotopic (exact) mass is 465 g/mol. The number of aromatic amines is 1. The molecular formula is C20H18F3N5O3S. The molecule has 0 saturated heterocycles. The third-order valence-electron chi connectivity index (χ3n) is 4.51. The van der Waals surface area contributed by atoms with Crippen LogP contribution in [0.4, 0.5) is 24.7 Å². The van der Waals surface area contributed by atoms with Gasteiger partial charge in [-0.15, -0.1) is 0 Å². The van der Waals surface area contributed by atoms with E-state index in [0.717, 1.165) is 38.9 Å². The van der Waals surface area contributed by atoms with E-state index in [-0.39, 0.29) is 28.8 Å². The Bertz CT molecular complexity index is 1220. The molecule has 0 aliphatic rings. The summed E-state index contributed by atoms with van der Waals surface area (Å²) in [5.41, 5.74) is 4.17. The summed E-state index contributed by atoms with van der Waals surface area (Å²) in [7, 11) is 1.32. The van der Waals surface area contributed by atoms with Crippen molar-refractivity contribution in [1.29, 1.82) is 0 Å². The third-order valence-corrected chi connectivity index (χ3v) is 5.44. The number of hydrogen-bond donors (Lipinski definition) is 2. The van der Waals surface area contributed by atoms with Crippen molar-refractivity contribution in [2.75, 3.05) is 23.4 Å². The van der Waals surface area contributed by atoms with Crippen LogP contribution in [0.2, 0.25) is 0 Å². The predicted molar refractivity (Wildman–Crippen MR) is 115 cm³/mol. The first-order chi connectivity index (χ1) is 15.1. The van der Waals surface area contributed by atoms with E-state index >= 15 is 0 Å². The second kappa shape index (κ2) is 9.30. The lowest BCUT2D eigenvalue weighted by atomic mass is 10.2. The molecule has 0 fully saturated rings. The highest BCUT2D eigenvalue weighted by molar-refractivity contribution is 7.99. The summed E-state index contributed by atoms with van der Waals surface area (Å²) in [5, 5.41) is 0.204. The Morgan fingerprint density at radius 1 is 1.19 bits per heavy atom. The number of alkyl halides is 3. The van der Waals surface area contributed by atoms with Crippen LogP contribution < -0.4 is 21.9 Å². The number of carbonyl (C=O) groups excluding carboxylic acids is 1. The normalized spacial score (nSPS) is 11.4. The van der Waals surface area contributed by atoms with Crippen LogP contribution in [-0.4, -0.2) is 33.2 Å². The molecule has 1 aromatic carbocycles. The van der Waals surface area contributed by atoms with E-state index in [9.17, 15) is 27.6 Å². The molecule has 168 valence electrons. The van der Waals surface area contributed by atoms with Crippen molar-refractivity contribution in [3.63, 3.8) is 0 Å². The van der Waals surface area contributed by atoms with Crippen molar-refractivity contribution in [2.45, 2.75) is 17.7 Å². The fourth-order valence-corrected chi connectivity index (χ4v) is 3.57. The van der Waals surface area contributed by atoms with Gasteiger partial charge in [0.15, 0.2) is 5.69 Å². The highest BCUT2D eigenvalue weighted by Gasteiger charge is 2.30. The number of anilines is 2. The Kier molecular flexibility index (Phi) is 6.72. The lowest BCUT2D eigenvalue weighted by Gasteiger charge is -2.20. The highest BCUT2D eigenvalue weighted by atomic mass is 32.2. The summed E-state index contributed by atoms with van der Waals surface area (Å²) in [4.78, 5) is 44.1. The maximum Gasteiger partial charge on any atom is 0.417 e. The molecule has 32 heavy (non-hydrogen) atoms. The summed E-state index contributed by atoms with van der Waals surface area (Å²) in [6.07, 6.45) is -3.83. The van der Waals surface area contributed by atoms with Gasteiger partial charge in [-0.25, -0.2) is 9.78 Å². The van der Waals surface area contributed by atoms with Crippen molar-refractivity contribution < 1.29 is 18.0 Å². The molecule has 2 aromatic heterocycles. The average molecular weight is 465 g/mol. The molecule has 0 spiro atoms. The number of aromatic nitrogens is 3. The summed E-state index contributed by atoms with van der Waals surface area (Å²) in [6.45, 7) is 0.0849. The highest BCUT2D eigenvalue weighted by Crippen LogP contribution is 2.29. The largest absolute Gasteiger partial charge is 0.417 e. The second-order valence-corrected chi connectivity index (χ2v) is 7.68. The molecule has 3 aromatic rings. The van der Waals surface area contributed by atoms with E-state index in [1.165, 1.54) is 7.05 Å². The minimum Gasteiger partial charge on any atom is -0.383 e. The molecule has 0 bridgehead atoms. The number of nitrogens with one attached hydrogen (secondary N) is 1. The van der Waals surface area contributed by atoms with Crippen LogP contribution in [0, 0.1) is 0 Å². The van der Waals surface area contributed by atoms with Crippen molar-refractivity contribution in [2.24, 2.45) is 0 Å². The van der Waals surface area contributed by atoms with E-state index < -0.39 is 28.9 Å². The summed E-state index contributed by atoms with van der Waals surface area (Å²) in [5.74, 6) is -0.958. The molecule has 0 aliphatic carbocycles. The van der Waals surface area contributed by atoms with Gasteiger partial charge in [0, 0.05) is 13.2 Å². The van der Waals surface area contributed by atoms with Gasteiger partial charge in [0.25, 0.3) is 5.56 Å². The molecule has 3 N–H and O–H groups in total. The van der Waals surface area contributed by atoms with Gasteiger partial charge in [-0.05, 0) is 17.7 Å². The van der Waals surface area contributed by atoms with E-state index in [1.54, 1.807) is 24.3 Å². The van der Waals surface area contributed by atoms with Gasteiger partial charge >= 0.3 is 11.9 Å². The number of carbonyl (C=O) groups is 1. The molecule has 0 aliphatic heterocycles. The van der Waals surface area contributed by atoms with Crippen LogP contribution in [0.25, 0.3) is 0 Å². The Morgan fingerprint density at radius 3 is 2.47 bits per heavy atom. The first-order valence-corrected chi connectivity index (χ1v) is 10.2. The van der Waals surface area contributed by atoms with Crippen molar-refractivity contribution in [3.05, 3.63) is 80.6 Å². The van der Waals surface area contributed by atoms with Gasteiger partial charge in [0.05, 0.1) is 22.9 Å². The molecule has 0 atom stereocenters. The van der Waals surface area contributed by atoms with Gasteiger partial charge in [0.2, 0.25) is 5.91 Å². The fraction of sp³-hybridized carbons (Fsp3) is 0.200. The van der Waals surface area contributed by atoms with Gasteiger partial charge in [-0.3, -0.25) is 19.1 Å². The quantitative estimate of drug-likeness (QED) is 0.540. The van der Waals surface area contributed by atoms with Gasteiger partial charge in [0.1, 0.15) is 5.82 Å². The minimum atomic E-state index is -4.51. The number of benzene rings is 1. The lowest BCUT2D eigenvalue weighted by Crippen LogP contribution is -2.40. The molecule has 0 saturated carbocycles. The fourth-order valence-electron chi connectivity index (χ4n) is 2.82. The maximum absolute atomic E-state index is 12.6. The molecule has 1 amide bonds. The Balaban J connectivity index is 1.78. The zero-order valence-corrected chi connectivity index (χ0v) is 17.5. The van der Waals surface area contributed by atoms with Crippen LogP contribution in [0.1, 0.15) is 11.1 Å².